The number of rotatable bonds is 7. The molecule has 10 heteroatoms. The lowest BCUT2D eigenvalue weighted by molar-refractivity contribution is -0.0157. The number of esters is 1. The zero-order valence-corrected chi connectivity index (χ0v) is 19.0. The van der Waals surface area contributed by atoms with Crippen molar-refractivity contribution in [2.75, 3.05) is 26.6 Å². The second-order valence-corrected chi connectivity index (χ2v) is 8.47. The molecule has 1 aliphatic rings. The molecule has 0 radical (unpaired) electrons. The van der Waals surface area contributed by atoms with E-state index in [9.17, 15) is 9.18 Å². The average Bonchev–Trinajstić information content (AvgIpc) is 3.35. The highest BCUT2D eigenvalue weighted by Gasteiger charge is 2.36. The van der Waals surface area contributed by atoms with Crippen molar-refractivity contribution >= 4 is 39.0 Å². The van der Waals surface area contributed by atoms with Gasteiger partial charge < -0.3 is 24.3 Å². The fourth-order valence-electron chi connectivity index (χ4n) is 3.97. The molecule has 170 valence electrons. The number of benzene rings is 1. The summed E-state index contributed by atoms with van der Waals surface area (Å²) in [6, 6.07) is 4.28. The van der Waals surface area contributed by atoms with E-state index < -0.39 is 11.8 Å². The number of fused-ring (bicyclic) bond motifs is 1. The van der Waals surface area contributed by atoms with Crippen molar-refractivity contribution in [2.45, 2.75) is 38.1 Å². The number of aromatic nitrogens is 2. The number of hydrogen-bond donors (Lipinski definition) is 1. The van der Waals surface area contributed by atoms with Crippen molar-refractivity contribution in [2.24, 2.45) is 0 Å². The van der Waals surface area contributed by atoms with Crippen molar-refractivity contribution in [3.05, 3.63) is 40.8 Å². The Labute approximate surface area is 188 Å². The van der Waals surface area contributed by atoms with Gasteiger partial charge in [0.1, 0.15) is 39.5 Å². The van der Waals surface area contributed by atoms with Crippen LogP contribution in [0.25, 0.3) is 10.2 Å². The van der Waals surface area contributed by atoms with Crippen molar-refractivity contribution in [1.82, 2.24) is 9.97 Å². The van der Waals surface area contributed by atoms with Crippen LogP contribution in [-0.2, 0) is 14.2 Å². The van der Waals surface area contributed by atoms with E-state index in [1.54, 1.807) is 20.3 Å². The lowest BCUT2D eigenvalue weighted by Crippen LogP contribution is -2.23. The molecule has 0 spiro atoms. The summed E-state index contributed by atoms with van der Waals surface area (Å²) in [5, 5.41) is 3.93. The molecule has 0 aliphatic heterocycles. The maximum atomic E-state index is 14.1. The number of hydrogen-bond acceptors (Lipinski definition) is 9. The highest BCUT2D eigenvalue weighted by atomic mass is 32.1. The Balaban J connectivity index is 1.65. The van der Waals surface area contributed by atoms with E-state index in [1.165, 1.54) is 36.9 Å². The van der Waals surface area contributed by atoms with E-state index in [0.717, 1.165) is 0 Å². The van der Waals surface area contributed by atoms with Crippen LogP contribution in [0.15, 0.2) is 24.5 Å². The first-order chi connectivity index (χ1) is 15.4. The van der Waals surface area contributed by atoms with Crippen molar-refractivity contribution in [1.29, 1.82) is 0 Å². The van der Waals surface area contributed by atoms with Gasteiger partial charge in [-0.2, -0.15) is 0 Å². The SMILES string of the molecule is COC(=O)c1sc2ncnc(Nc3ccc(F)cc3OC3C[C@H](OC)[C@H](OC)C3)c2c1C. The minimum atomic E-state index is -0.427. The number of aryl methyl sites for hydroxylation is 1. The van der Waals surface area contributed by atoms with Crippen molar-refractivity contribution in [3.63, 3.8) is 0 Å². The Morgan fingerprint density at radius 1 is 1.16 bits per heavy atom. The minimum Gasteiger partial charge on any atom is -0.488 e. The number of carbonyl (C=O) groups excluding carboxylic acids is 1. The number of nitrogens with one attached hydrogen (secondary N) is 1. The molecule has 0 bridgehead atoms. The molecule has 4 rings (SSSR count). The van der Waals surface area contributed by atoms with Gasteiger partial charge in [0.05, 0.1) is 30.4 Å². The molecular weight excluding hydrogens is 437 g/mol. The number of methoxy groups -OCH3 is 3. The molecule has 1 fully saturated rings. The monoisotopic (exact) mass is 461 g/mol. The Hall–Kier alpha value is -2.82. The van der Waals surface area contributed by atoms with Crippen LogP contribution in [0, 0.1) is 12.7 Å². The molecule has 0 saturated heterocycles. The van der Waals surface area contributed by atoms with Crippen LogP contribution in [-0.4, -0.2) is 55.6 Å². The number of thiophene rings is 1. The van der Waals surface area contributed by atoms with E-state index in [4.69, 9.17) is 18.9 Å². The van der Waals surface area contributed by atoms with Gasteiger partial charge in [-0.1, -0.05) is 0 Å². The van der Waals surface area contributed by atoms with Crippen molar-refractivity contribution in [3.8, 4) is 5.75 Å². The number of carbonyl (C=O) groups is 1. The van der Waals surface area contributed by atoms with Crippen LogP contribution in [0.2, 0.25) is 0 Å². The van der Waals surface area contributed by atoms with Crippen LogP contribution in [0.1, 0.15) is 28.1 Å². The summed E-state index contributed by atoms with van der Waals surface area (Å²) in [5.41, 5.74) is 1.26. The first kappa shape index (κ1) is 22.4. The summed E-state index contributed by atoms with van der Waals surface area (Å²) < 4.78 is 36.0. The number of anilines is 2. The molecule has 32 heavy (non-hydrogen) atoms. The zero-order valence-electron chi connectivity index (χ0n) is 18.2. The molecule has 1 saturated carbocycles. The molecule has 1 aliphatic carbocycles. The maximum Gasteiger partial charge on any atom is 0.348 e. The Bertz CT molecular complexity index is 1130. The molecule has 3 aromatic rings. The van der Waals surface area contributed by atoms with E-state index in [2.05, 4.69) is 15.3 Å². The van der Waals surface area contributed by atoms with E-state index in [-0.39, 0.29) is 18.3 Å². The second kappa shape index (κ2) is 9.35. The summed E-state index contributed by atoms with van der Waals surface area (Å²) in [6.45, 7) is 1.82. The highest BCUT2D eigenvalue weighted by molar-refractivity contribution is 7.20. The molecule has 2 aromatic heterocycles. The summed E-state index contributed by atoms with van der Waals surface area (Å²) in [6.07, 6.45) is 2.33. The standard InChI is InChI=1S/C22H24FN3O5S/c1-11-18-20(24-10-25-21(18)32-19(11)22(27)30-4)26-14-6-5-12(23)7-15(14)31-13-8-16(28-2)17(9-13)29-3/h5-7,10,13,16-17H,8-9H2,1-4H3,(H,24,25,26)/t13?,16-,17+. The van der Waals surface area contributed by atoms with E-state index >= 15 is 0 Å². The van der Waals surface area contributed by atoms with E-state index in [0.29, 0.717) is 50.8 Å². The van der Waals surface area contributed by atoms with Gasteiger partial charge in [-0.05, 0) is 24.6 Å². The molecule has 1 N–H and O–H groups in total. The van der Waals surface area contributed by atoms with Crippen LogP contribution in [0.4, 0.5) is 15.9 Å². The van der Waals surface area contributed by atoms with Gasteiger partial charge in [0.15, 0.2) is 0 Å². The fraction of sp³-hybridized carbons (Fsp3) is 0.409. The number of halogens is 1. The van der Waals surface area contributed by atoms with Crippen LogP contribution >= 0.6 is 11.3 Å². The third-order valence-corrected chi connectivity index (χ3v) is 6.78. The summed E-state index contributed by atoms with van der Waals surface area (Å²) >= 11 is 1.23. The van der Waals surface area contributed by atoms with E-state index in [1.807, 2.05) is 6.92 Å². The molecule has 0 amide bonds. The topological polar surface area (TPSA) is 91.8 Å². The number of nitrogens with zero attached hydrogens (tertiary/aromatic N) is 2. The van der Waals surface area contributed by atoms with Gasteiger partial charge in [-0.15, -0.1) is 11.3 Å². The quantitative estimate of drug-likeness (QED) is 0.523. The largest absolute Gasteiger partial charge is 0.488 e. The Morgan fingerprint density at radius 2 is 1.88 bits per heavy atom. The van der Waals surface area contributed by atoms with Gasteiger partial charge in [-0.25, -0.2) is 19.2 Å². The lowest BCUT2D eigenvalue weighted by atomic mass is 10.2. The lowest BCUT2D eigenvalue weighted by Gasteiger charge is -2.18. The third-order valence-electron chi connectivity index (χ3n) is 5.60. The average molecular weight is 462 g/mol. The zero-order chi connectivity index (χ0) is 22.8. The van der Waals surface area contributed by atoms with Gasteiger partial charge in [-0.3, -0.25) is 0 Å². The van der Waals surface area contributed by atoms with Crippen LogP contribution in [0.3, 0.4) is 0 Å². The second-order valence-electron chi connectivity index (χ2n) is 7.48. The van der Waals surface area contributed by atoms with Gasteiger partial charge in [0, 0.05) is 33.1 Å². The number of ether oxygens (including phenoxy) is 4. The van der Waals surface area contributed by atoms with Crippen LogP contribution in [0.5, 0.6) is 5.75 Å². The van der Waals surface area contributed by atoms with Crippen LogP contribution < -0.4 is 10.1 Å². The summed E-state index contributed by atoms with van der Waals surface area (Å²) in [5.74, 6) is 0.00676. The first-order valence-electron chi connectivity index (χ1n) is 10.1. The Morgan fingerprint density at radius 3 is 2.53 bits per heavy atom. The first-order valence-corrected chi connectivity index (χ1v) is 10.9. The Kier molecular flexibility index (Phi) is 6.54. The highest BCUT2D eigenvalue weighted by Crippen LogP contribution is 2.38. The van der Waals surface area contributed by atoms with Gasteiger partial charge in [0.2, 0.25) is 0 Å². The molecule has 2 heterocycles. The normalized spacial score (nSPS) is 20.5. The third kappa shape index (κ3) is 4.25. The molecule has 3 atom stereocenters. The smallest absolute Gasteiger partial charge is 0.348 e. The molecular formula is C22H24FN3O5S. The predicted molar refractivity (Wildman–Crippen MR) is 118 cm³/mol. The van der Waals surface area contributed by atoms with Crippen molar-refractivity contribution < 1.29 is 28.1 Å². The summed E-state index contributed by atoms with van der Waals surface area (Å²) in [7, 11) is 4.62. The fourth-order valence-corrected chi connectivity index (χ4v) is 5.03. The predicted octanol–water partition coefficient (Wildman–Crippen LogP) is 4.24. The maximum absolute atomic E-state index is 14.1. The molecule has 1 unspecified atom stereocenters. The van der Waals surface area contributed by atoms with Gasteiger partial charge >= 0.3 is 5.97 Å². The summed E-state index contributed by atoms with van der Waals surface area (Å²) in [4.78, 5) is 21.8. The minimum absolute atomic E-state index is 0.0818. The molecule has 1 aromatic carbocycles. The van der Waals surface area contributed by atoms with Gasteiger partial charge in [0.25, 0.3) is 0 Å². The molecule has 8 nitrogen and oxygen atoms in total.